The zero-order valence-corrected chi connectivity index (χ0v) is 11.2. The van der Waals surface area contributed by atoms with Gasteiger partial charge in [0.2, 0.25) is 5.91 Å². The summed E-state index contributed by atoms with van der Waals surface area (Å²) >= 11 is 0. The third kappa shape index (κ3) is 3.65. The maximum absolute atomic E-state index is 12.0. The number of hydrogen-bond acceptors (Lipinski definition) is 4. The van der Waals surface area contributed by atoms with Crippen molar-refractivity contribution in [3.8, 4) is 6.07 Å². The molecule has 1 unspecified atom stereocenters. The van der Waals surface area contributed by atoms with E-state index in [0.717, 1.165) is 32.1 Å². The molecule has 1 aromatic rings. The highest BCUT2D eigenvalue weighted by molar-refractivity contribution is 5.92. The second-order valence-corrected chi connectivity index (χ2v) is 4.91. The first kappa shape index (κ1) is 14.2. The number of amides is 1. The predicted octanol–water partition coefficient (Wildman–Crippen LogP) is 1.55. The molecule has 20 heavy (non-hydrogen) atoms. The van der Waals surface area contributed by atoms with Crippen molar-refractivity contribution in [2.45, 2.75) is 25.3 Å². The van der Waals surface area contributed by atoms with Crippen molar-refractivity contribution in [2.75, 3.05) is 18.4 Å². The lowest BCUT2D eigenvalue weighted by Crippen LogP contribution is -2.44. The van der Waals surface area contributed by atoms with Gasteiger partial charge in [0.1, 0.15) is 6.29 Å². The van der Waals surface area contributed by atoms with Crippen molar-refractivity contribution in [1.82, 2.24) is 4.90 Å². The number of rotatable bonds is 4. The number of benzene rings is 1. The van der Waals surface area contributed by atoms with Gasteiger partial charge in [0.05, 0.1) is 24.2 Å². The van der Waals surface area contributed by atoms with Crippen molar-refractivity contribution < 1.29 is 9.59 Å². The molecule has 1 N–H and O–H groups in total. The SMILES string of the molecule is N#Cc1cccc(NC(=O)CN2CCCCC2C=O)c1. The molecule has 1 aliphatic rings. The summed E-state index contributed by atoms with van der Waals surface area (Å²) in [5.41, 5.74) is 1.11. The minimum Gasteiger partial charge on any atom is -0.325 e. The second kappa shape index (κ2) is 6.83. The number of aldehydes is 1. The quantitative estimate of drug-likeness (QED) is 0.843. The summed E-state index contributed by atoms with van der Waals surface area (Å²) in [6, 6.07) is 8.66. The number of nitrogens with one attached hydrogen (secondary N) is 1. The maximum Gasteiger partial charge on any atom is 0.238 e. The highest BCUT2D eigenvalue weighted by Gasteiger charge is 2.23. The van der Waals surface area contributed by atoms with Crippen molar-refractivity contribution in [3.05, 3.63) is 29.8 Å². The van der Waals surface area contributed by atoms with E-state index in [2.05, 4.69) is 5.32 Å². The number of nitrogens with zero attached hydrogens (tertiary/aromatic N) is 2. The van der Waals surface area contributed by atoms with E-state index < -0.39 is 0 Å². The molecule has 5 heteroatoms. The molecule has 5 nitrogen and oxygen atoms in total. The fourth-order valence-electron chi connectivity index (χ4n) is 2.42. The molecule has 0 bridgehead atoms. The van der Waals surface area contributed by atoms with Gasteiger partial charge in [0.15, 0.2) is 0 Å². The monoisotopic (exact) mass is 271 g/mol. The molecule has 0 saturated carbocycles. The van der Waals surface area contributed by atoms with Gasteiger partial charge < -0.3 is 10.1 Å². The molecule has 0 spiro atoms. The first-order valence-electron chi connectivity index (χ1n) is 6.72. The van der Waals surface area contributed by atoms with Crippen LogP contribution >= 0.6 is 0 Å². The van der Waals surface area contributed by atoms with E-state index in [-0.39, 0.29) is 18.5 Å². The van der Waals surface area contributed by atoms with E-state index in [1.54, 1.807) is 24.3 Å². The number of piperidine rings is 1. The lowest BCUT2D eigenvalue weighted by atomic mass is 10.0. The van der Waals surface area contributed by atoms with Crippen molar-refractivity contribution >= 4 is 17.9 Å². The van der Waals surface area contributed by atoms with Gasteiger partial charge in [0, 0.05) is 5.69 Å². The Bertz CT molecular complexity index is 536. The van der Waals surface area contributed by atoms with Gasteiger partial charge in [-0.15, -0.1) is 0 Å². The Hall–Kier alpha value is -2.19. The van der Waals surface area contributed by atoms with Gasteiger partial charge in [-0.25, -0.2) is 0 Å². The second-order valence-electron chi connectivity index (χ2n) is 4.91. The van der Waals surface area contributed by atoms with Gasteiger partial charge in [-0.05, 0) is 37.6 Å². The van der Waals surface area contributed by atoms with Gasteiger partial charge >= 0.3 is 0 Å². The van der Waals surface area contributed by atoms with E-state index >= 15 is 0 Å². The van der Waals surface area contributed by atoms with Gasteiger partial charge in [0.25, 0.3) is 0 Å². The minimum atomic E-state index is -0.158. The Morgan fingerprint density at radius 2 is 2.35 bits per heavy atom. The molecule has 0 aliphatic carbocycles. The van der Waals surface area contributed by atoms with Gasteiger partial charge in [-0.3, -0.25) is 9.69 Å². The molecule has 1 amide bonds. The standard InChI is InChI=1S/C15H17N3O2/c16-9-12-4-3-5-13(8-12)17-15(20)10-18-7-2-1-6-14(18)11-19/h3-5,8,11,14H,1-2,6-7,10H2,(H,17,20). The Kier molecular flexibility index (Phi) is 4.85. The molecular formula is C15H17N3O2. The Balaban J connectivity index is 1.94. The summed E-state index contributed by atoms with van der Waals surface area (Å²) in [5.74, 6) is -0.158. The third-order valence-electron chi connectivity index (χ3n) is 3.44. The molecular weight excluding hydrogens is 254 g/mol. The van der Waals surface area contributed by atoms with Crippen LogP contribution in [0.15, 0.2) is 24.3 Å². The molecule has 1 aromatic carbocycles. The van der Waals surface area contributed by atoms with Crippen molar-refractivity contribution in [2.24, 2.45) is 0 Å². The molecule has 1 atom stereocenters. The number of carbonyl (C=O) groups is 2. The normalized spacial score (nSPS) is 19.1. The van der Waals surface area contributed by atoms with Crippen LogP contribution in [0.25, 0.3) is 0 Å². The Morgan fingerprint density at radius 1 is 1.50 bits per heavy atom. The summed E-state index contributed by atoms with van der Waals surface area (Å²) < 4.78 is 0. The smallest absolute Gasteiger partial charge is 0.238 e. The average Bonchev–Trinajstić information content (AvgIpc) is 2.48. The fraction of sp³-hybridized carbons (Fsp3) is 0.400. The lowest BCUT2D eigenvalue weighted by molar-refractivity contribution is -0.120. The van der Waals surface area contributed by atoms with Crippen LogP contribution in [0.4, 0.5) is 5.69 Å². The van der Waals surface area contributed by atoms with Crippen LogP contribution in [-0.2, 0) is 9.59 Å². The molecule has 104 valence electrons. The number of hydrogen-bond donors (Lipinski definition) is 1. The number of nitriles is 1. The summed E-state index contributed by atoms with van der Waals surface area (Å²) in [5, 5.41) is 11.6. The highest BCUT2D eigenvalue weighted by Crippen LogP contribution is 2.15. The molecule has 0 aromatic heterocycles. The van der Waals surface area contributed by atoms with E-state index in [1.807, 2.05) is 11.0 Å². The molecule has 1 fully saturated rings. The number of likely N-dealkylation sites (tertiary alicyclic amines) is 1. The zero-order chi connectivity index (χ0) is 14.4. The number of carbonyl (C=O) groups excluding carboxylic acids is 2. The topological polar surface area (TPSA) is 73.2 Å². The van der Waals surface area contributed by atoms with Crippen molar-refractivity contribution in [3.63, 3.8) is 0 Å². The first-order chi connectivity index (χ1) is 9.72. The zero-order valence-electron chi connectivity index (χ0n) is 11.2. The third-order valence-corrected chi connectivity index (χ3v) is 3.44. The minimum absolute atomic E-state index is 0.153. The molecule has 1 heterocycles. The average molecular weight is 271 g/mol. The molecule has 0 radical (unpaired) electrons. The highest BCUT2D eigenvalue weighted by atomic mass is 16.2. The van der Waals surface area contributed by atoms with Crippen LogP contribution in [0.5, 0.6) is 0 Å². The largest absolute Gasteiger partial charge is 0.325 e. The van der Waals surface area contributed by atoms with Crippen LogP contribution in [0.2, 0.25) is 0 Å². The van der Waals surface area contributed by atoms with E-state index in [9.17, 15) is 9.59 Å². The fourth-order valence-corrected chi connectivity index (χ4v) is 2.42. The van der Waals surface area contributed by atoms with E-state index in [1.165, 1.54) is 0 Å². The predicted molar refractivity (Wildman–Crippen MR) is 75.1 cm³/mol. The van der Waals surface area contributed by atoms with Crippen LogP contribution < -0.4 is 5.32 Å². The maximum atomic E-state index is 12.0. The molecule has 1 aliphatic heterocycles. The summed E-state index contributed by atoms with van der Waals surface area (Å²) in [6.07, 6.45) is 3.79. The summed E-state index contributed by atoms with van der Waals surface area (Å²) in [4.78, 5) is 24.9. The Labute approximate surface area is 118 Å². The van der Waals surface area contributed by atoms with E-state index in [4.69, 9.17) is 5.26 Å². The molecule has 2 rings (SSSR count). The molecule has 1 saturated heterocycles. The van der Waals surface area contributed by atoms with Crippen LogP contribution in [0.3, 0.4) is 0 Å². The Morgan fingerprint density at radius 3 is 3.10 bits per heavy atom. The van der Waals surface area contributed by atoms with Crippen molar-refractivity contribution in [1.29, 1.82) is 5.26 Å². The van der Waals surface area contributed by atoms with Crippen LogP contribution in [0.1, 0.15) is 24.8 Å². The number of anilines is 1. The first-order valence-corrected chi connectivity index (χ1v) is 6.72. The van der Waals surface area contributed by atoms with E-state index in [0.29, 0.717) is 11.3 Å². The van der Waals surface area contributed by atoms with Gasteiger partial charge in [-0.2, -0.15) is 5.26 Å². The lowest BCUT2D eigenvalue weighted by Gasteiger charge is -2.31. The van der Waals surface area contributed by atoms with Crippen LogP contribution in [-0.4, -0.2) is 36.2 Å². The van der Waals surface area contributed by atoms with Crippen LogP contribution in [0, 0.1) is 11.3 Å². The summed E-state index contributed by atoms with van der Waals surface area (Å²) in [6.45, 7) is 0.981. The summed E-state index contributed by atoms with van der Waals surface area (Å²) in [7, 11) is 0. The van der Waals surface area contributed by atoms with Gasteiger partial charge in [-0.1, -0.05) is 12.5 Å².